The van der Waals surface area contributed by atoms with Gasteiger partial charge in [0.05, 0.1) is 24.8 Å². The zero-order valence-corrected chi connectivity index (χ0v) is 24.9. The van der Waals surface area contributed by atoms with Crippen molar-refractivity contribution < 1.29 is 37.4 Å². The van der Waals surface area contributed by atoms with Gasteiger partial charge in [0.15, 0.2) is 22.6 Å². The Bertz CT molecular complexity index is 1620. The van der Waals surface area contributed by atoms with Crippen LogP contribution in [0.4, 0.5) is 10.3 Å². The number of alkyl halides is 1. The van der Waals surface area contributed by atoms with Gasteiger partial charge in [-0.3, -0.25) is 23.7 Å². The molecule has 0 aliphatic carbocycles. The summed E-state index contributed by atoms with van der Waals surface area (Å²) in [5, 5.41) is 10.9. The Morgan fingerprint density at radius 1 is 1.36 bits per heavy atom. The fraction of sp³-hybridized carbons (Fsp3) is 0.444. The topological polar surface area (TPSA) is 168 Å². The van der Waals surface area contributed by atoms with Crippen molar-refractivity contribution in [2.24, 2.45) is 5.92 Å². The fourth-order valence-electron chi connectivity index (χ4n) is 4.49. The van der Waals surface area contributed by atoms with E-state index in [4.69, 9.17) is 35.9 Å². The molecule has 0 saturated carbocycles. The predicted octanol–water partition coefficient (Wildman–Crippen LogP) is 3.58. The van der Waals surface area contributed by atoms with Crippen molar-refractivity contribution in [3.63, 3.8) is 0 Å². The first kappa shape index (κ1) is 31.5. The lowest BCUT2D eigenvalue weighted by molar-refractivity contribution is -0.151. The summed E-state index contributed by atoms with van der Waals surface area (Å²) >= 11 is 6.81. The number of carbonyl (C=O) groups excluding carboxylic acids is 1. The van der Waals surface area contributed by atoms with Crippen LogP contribution < -0.4 is 15.8 Å². The molecule has 1 aliphatic rings. The second-order valence-corrected chi connectivity index (χ2v) is 12.7. The third kappa shape index (κ3) is 6.48. The molecule has 0 amide bonds. The van der Waals surface area contributed by atoms with E-state index in [0.29, 0.717) is 0 Å². The van der Waals surface area contributed by atoms with Gasteiger partial charge in [-0.05, 0) is 32.9 Å². The molecule has 0 bridgehead atoms. The molecule has 0 radical (unpaired) electrons. The van der Waals surface area contributed by atoms with Crippen molar-refractivity contribution in [3.05, 3.63) is 52.7 Å². The molecule has 1 saturated heterocycles. The number of H-pyrrole nitrogens is 1. The van der Waals surface area contributed by atoms with Gasteiger partial charge in [-0.25, -0.2) is 8.96 Å². The highest BCUT2D eigenvalue weighted by Gasteiger charge is 2.56. The molecule has 1 unspecified atom stereocenters. The predicted molar refractivity (Wildman–Crippen MR) is 153 cm³/mol. The molecule has 4 rings (SSSR count). The van der Waals surface area contributed by atoms with E-state index in [1.807, 2.05) is 0 Å². The minimum Gasteiger partial charge on any atom is -0.463 e. The van der Waals surface area contributed by atoms with Gasteiger partial charge < -0.3 is 24.8 Å². The molecule has 4 N–H and O–H groups in total. The summed E-state index contributed by atoms with van der Waals surface area (Å²) in [7, 11) is -4.08. The summed E-state index contributed by atoms with van der Waals surface area (Å²) in [4.78, 5) is 29.2. The Balaban J connectivity index is 1.64. The molecule has 42 heavy (non-hydrogen) atoms. The van der Waals surface area contributed by atoms with Crippen molar-refractivity contribution in [2.75, 3.05) is 18.5 Å². The number of nitrogens with two attached hydrogens (primary N) is 1. The number of nitrogens with zero attached hydrogens (tertiary/aromatic N) is 2. The van der Waals surface area contributed by atoms with Gasteiger partial charge in [0, 0.05) is 6.20 Å². The van der Waals surface area contributed by atoms with Crippen LogP contribution in [0.2, 0.25) is 0 Å². The van der Waals surface area contributed by atoms with Crippen molar-refractivity contribution in [1.82, 2.24) is 14.5 Å². The Morgan fingerprint density at radius 3 is 2.69 bits per heavy atom. The summed E-state index contributed by atoms with van der Waals surface area (Å²) in [5.41, 5.74) is 4.67. The number of aliphatic hydroxyl groups is 1. The minimum absolute atomic E-state index is 0.189. The van der Waals surface area contributed by atoms with Crippen LogP contribution in [0.1, 0.15) is 33.9 Å². The normalized spacial score (nSPS) is 24.1. The number of rotatable bonds is 10. The number of nitrogen functional groups attached to an aromatic ring is 1. The number of ether oxygens (including phenoxy) is 2. The number of aliphatic hydroxyl groups excluding tert-OH is 1. The summed E-state index contributed by atoms with van der Waals surface area (Å²) in [6.07, 6.45) is -4.01. The zero-order valence-electron chi connectivity index (χ0n) is 23.2. The van der Waals surface area contributed by atoms with Gasteiger partial charge in [0.25, 0.3) is 5.56 Å². The van der Waals surface area contributed by atoms with E-state index in [-0.39, 0.29) is 29.6 Å². The second kappa shape index (κ2) is 12.5. The van der Waals surface area contributed by atoms with Crippen LogP contribution in [0.25, 0.3) is 11.0 Å². The molecule has 3 aromatic rings. The number of anilines is 1. The van der Waals surface area contributed by atoms with Crippen molar-refractivity contribution in [1.29, 1.82) is 0 Å². The molecule has 1 aliphatic heterocycles. The quantitative estimate of drug-likeness (QED) is 0.131. The highest BCUT2D eigenvalue weighted by Crippen LogP contribution is 2.52. The second-order valence-electron chi connectivity index (χ2n) is 10.0. The van der Waals surface area contributed by atoms with Crippen LogP contribution >= 0.6 is 19.2 Å². The Labute approximate surface area is 245 Å². The maximum atomic E-state index is 14.8. The molecule has 2 aromatic heterocycles. The fourth-order valence-corrected chi connectivity index (χ4v) is 6.75. The summed E-state index contributed by atoms with van der Waals surface area (Å²) in [6.45, 7) is 5.86. The molecule has 226 valence electrons. The van der Waals surface area contributed by atoms with Gasteiger partial charge in [-0.1, -0.05) is 42.6 Å². The molecular weight excluding hydrogens is 594 g/mol. The van der Waals surface area contributed by atoms with Crippen LogP contribution in [0.3, 0.4) is 0 Å². The Hall–Kier alpha value is -3.40. The minimum atomic E-state index is -4.08. The first-order chi connectivity index (χ1) is 19.8. The average Bonchev–Trinajstić information content (AvgIpc) is 3.36. The number of fused-ring (bicyclic) bond motifs is 1. The smallest absolute Gasteiger partial charge is 0.380 e. The summed E-state index contributed by atoms with van der Waals surface area (Å²) < 4.78 is 52.6. The molecule has 15 heteroatoms. The van der Waals surface area contributed by atoms with Crippen LogP contribution in [-0.2, 0) is 23.4 Å². The van der Waals surface area contributed by atoms with Crippen LogP contribution in [0.15, 0.2) is 41.3 Å². The number of aromatic amines is 1. The van der Waals surface area contributed by atoms with Gasteiger partial charge in [0.1, 0.15) is 23.3 Å². The maximum absolute atomic E-state index is 14.8. The zero-order chi connectivity index (χ0) is 30.8. The number of para-hydroxylation sites is 1. The number of hydrogen-bond donors (Lipinski definition) is 3. The molecule has 3 heterocycles. The molecule has 1 fully saturated rings. The van der Waals surface area contributed by atoms with E-state index in [2.05, 4.69) is 21.8 Å². The SMILES string of the molecule is CC#CC1(Cl)[C@@H](O)[C@@H](CO[P@@](=O)(C[C@@H](C)C(=O)OC(C)C)Oc2ccccc2)O[C@H]1n1cc(F)c2c(=O)[nH]c(N)nc21. The molecule has 0 spiro atoms. The summed E-state index contributed by atoms with van der Waals surface area (Å²) in [5.74, 6) is 2.87. The van der Waals surface area contributed by atoms with Crippen molar-refractivity contribution >= 4 is 42.1 Å². The van der Waals surface area contributed by atoms with Crippen molar-refractivity contribution in [2.45, 2.75) is 57.1 Å². The Kier molecular flexibility index (Phi) is 9.35. The molecule has 1 aromatic carbocycles. The number of halogens is 2. The summed E-state index contributed by atoms with van der Waals surface area (Å²) in [6, 6.07) is 8.21. The van der Waals surface area contributed by atoms with Crippen LogP contribution in [0.5, 0.6) is 5.75 Å². The molecule has 12 nitrogen and oxygen atoms in total. The van der Waals surface area contributed by atoms with Gasteiger partial charge in [-0.2, -0.15) is 4.98 Å². The lowest BCUT2D eigenvalue weighted by atomic mass is 9.99. The number of carbonyl (C=O) groups is 1. The van der Waals surface area contributed by atoms with E-state index in [1.54, 1.807) is 44.2 Å². The first-order valence-corrected chi connectivity index (χ1v) is 15.1. The number of esters is 1. The highest BCUT2D eigenvalue weighted by molar-refractivity contribution is 7.54. The largest absolute Gasteiger partial charge is 0.463 e. The lowest BCUT2D eigenvalue weighted by Gasteiger charge is -2.26. The maximum Gasteiger partial charge on any atom is 0.380 e. The Morgan fingerprint density at radius 2 is 2.05 bits per heavy atom. The standard InChI is InChI=1S/C27H31ClFN4O8P/c1-5-11-27(28)21(34)19(40-25(27)33-12-18(29)20-22(33)31-26(30)32-23(20)35)13-38-42(37,41-17-9-7-6-8-10-17)14-16(4)24(36)39-15(2)3/h6-10,12,15-16,19,21,25,34H,13-14H2,1-4H3,(H3,30,31,32,35)/t16-,19-,21+,25-,27?,42+/m1/s1. The van der Waals surface area contributed by atoms with E-state index >= 15 is 0 Å². The highest BCUT2D eigenvalue weighted by atomic mass is 35.5. The van der Waals surface area contributed by atoms with E-state index < -0.39 is 66.2 Å². The monoisotopic (exact) mass is 624 g/mol. The third-order valence-electron chi connectivity index (χ3n) is 6.34. The number of hydrogen-bond acceptors (Lipinski definition) is 10. The van der Waals surface area contributed by atoms with Crippen LogP contribution in [0, 0.1) is 23.6 Å². The number of aromatic nitrogens is 3. The van der Waals surface area contributed by atoms with Gasteiger partial charge >= 0.3 is 13.6 Å². The first-order valence-electron chi connectivity index (χ1n) is 13.0. The van der Waals surface area contributed by atoms with Crippen molar-refractivity contribution in [3.8, 4) is 17.6 Å². The molecule has 6 atom stereocenters. The van der Waals surface area contributed by atoms with Gasteiger partial charge in [-0.15, -0.1) is 5.92 Å². The van der Waals surface area contributed by atoms with Gasteiger partial charge in [0.2, 0.25) is 5.95 Å². The third-order valence-corrected chi connectivity index (χ3v) is 8.88. The van der Waals surface area contributed by atoms with E-state index in [9.17, 15) is 23.7 Å². The molecular formula is C27H31ClFN4O8P. The number of nitrogens with one attached hydrogen (secondary N) is 1. The lowest BCUT2D eigenvalue weighted by Crippen LogP contribution is -2.41. The van der Waals surface area contributed by atoms with E-state index in [1.165, 1.54) is 13.8 Å². The van der Waals surface area contributed by atoms with E-state index in [0.717, 1.165) is 10.8 Å². The average molecular weight is 625 g/mol. The number of benzene rings is 1. The van der Waals surface area contributed by atoms with Crippen LogP contribution in [-0.4, -0.2) is 61.6 Å².